The van der Waals surface area contributed by atoms with Gasteiger partial charge < -0.3 is 0 Å². The number of aromatic nitrogens is 2. The molecule has 0 N–H and O–H groups in total. The lowest BCUT2D eigenvalue weighted by molar-refractivity contribution is 0.242. The predicted octanol–water partition coefficient (Wildman–Crippen LogP) is 4.06. The monoisotopic (exact) mass is 331 g/mol. The first-order chi connectivity index (χ1) is 12.3. The molecule has 3 heteroatoms. The summed E-state index contributed by atoms with van der Waals surface area (Å²) in [5.41, 5.74) is 4.77. The van der Waals surface area contributed by atoms with E-state index < -0.39 is 0 Å². The van der Waals surface area contributed by atoms with Gasteiger partial charge in [-0.3, -0.25) is 4.90 Å². The molecular formula is C22H25N3. The van der Waals surface area contributed by atoms with Crippen molar-refractivity contribution in [2.24, 2.45) is 0 Å². The van der Waals surface area contributed by atoms with Crippen LogP contribution in [-0.2, 0) is 19.5 Å². The van der Waals surface area contributed by atoms with Crippen LogP contribution in [0.25, 0.3) is 0 Å². The van der Waals surface area contributed by atoms with Gasteiger partial charge in [0.05, 0.1) is 0 Å². The van der Waals surface area contributed by atoms with Gasteiger partial charge in [0.1, 0.15) is 5.82 Å². The van der Waals surface area contributed by atoms with Gasteiger partial charge in [-0.25, -0.2) is 9.97 Å². The van der Waals surface area contributed by atoms with E-state index in [-0.39, 0.29) is 0 Å². The van der Waals surface area contributed by atoms with E-state index in [2.05, 4.69) is 29.1 Å². The Kier molecular flexibility index (Phi) is 4.81. The highest BCUT2D eigenvalue weighted by Crippen LogP contribution is 2.31. The van der Waals surface area contributed by atoms with Crippen molar-refractivity contribution in [3.05, 3.63) is 58.7 Å². The fourth-order valence-corrected chi connectivity index (χ4v) is 4.12. The smallest absolute Gasteiger partial charge is 0.131 e. The number of hydrogen-bond acceptors (Lipinski definition) is 3. The number of benzene rings is 1. The molecule has 2 aromatic rings. The zero-order valence-electron chi connectivity index (χ0n) is 14.7. The molecule has 4 rings (SSSR count). The first-order valence-electron chi connectivity index (χ1n) is 9.45. The summed E-state index contributed by atoms with van der Waals surface area (Å²) in [5, 5.41) is 0. The highest BCUT2D eigenvalue weighted by molar-refractivity contribution is 5.39. The third-order valence-electron chi connectivity index (χ3n) is 5.57. The standard InChI is InChI=1S/C22H25N3/c1-2-17-8-6-7-11-19(17)15-25-13-12-21-20(16-25)14-23-22(24-21)18-9-4-3-5-10-18/h1,6-8,11,14,18H,3-5,9-10,12-13,15-16H2. The van der Waals surface area contributed by atoms with E-state index in [1.54, 1.807) is 0 Å². The molecule has 1 aliphatic heterocycles. The molecule has 1 aliphatic carbocycles. The van der Waals surface area contributed by atoms with E-state index in [4.69, 9.17) is 16.4 Å². The Morgan fingerprint density at radius 1 is 1.16 bits per heavy atom. The summed E-state index contributed by atoms with van der Waals surface area (Å²) < 4.78 is 0. The van der Waals surface area contributed by atoms with Crippen molar-refractivity contribution < 1.29 is 0 Å². The van der Waals surface area contributed by atoms with E-state index >= 15 is 0 Å². The van der Waals surface area contributed by atoms with Crippen molar-refractivity contribution in [3.63, 3.8) is 0 Å². The molecule has 1 aromatic carbocycles. The van der Waals surface area contributed by atoms with E-state index in [0.29, 0.717) is 5.92 Å². The average molecular weight is 331 g/mol. The first-order valence-corrected chi connectivity index (χ1v) is 9.45. The molecule has 2 heterocycles. The summed E-state index contributed by atoms with van der Waals surface area (Å²) in [6.07, 6.45) is 15.3. The SMILES string of the molecule is C#Cc1ccccc1CN1CCc2nc(C3CCCCC3)ncc2C1. The van der Waals surface area contributed by atoms with E-state index in [1.807, 2.05) is 12.1 Å². The second-order valence-corrected chi connectivity index (χ2v) is 7.30. The van der Waals surface area contributed by atoms with Crippen LogP contribution in [0.5, 0.6) is 0 Å². The maximum atomic E-state index is 5.63. The summed E-state index contributed by atoms with van der Waals surface area (Å²) in [4.78, 5) is 12.1. The minimum atomic E-state index is 0.583. The number of rotatable bonds is 3. The van der Waals surface area contributed by atoms with Gasteiger partial charge in [-0.05, 0) is 24.5 Å². The van der Waals surface area contributed by atoms with E-state index in [9.17, 15) is 0 Å². The Bertz CT molecular complexity index is 784. The quantitative estimate of drug-likeness (QED) is 0.794. The number of hydrogen-bond donors (Lipinski definition) is 0. The van der Waals surface area contributed by atoms with Crippen molar-refractivity contribution in [2.45, 2.75) is 57.5 Å². The molecule has 0 radical (unpaired) electrons. The van der Waals surface area contributed by atoms with Crippen molar-refractivity contribution >= 4 is 0 Å². The predicted molar refractivity (Wildman–Crippen MR) is 100 cm³/mol. The highest BCUT2D eigenvalue weighted by Gasteiger charge is 2.23. The maximum Gasteiger partial charge on any atom is 0.131 e. The zero-order valence-corrected chi connectivity index (χ0v) is 14.7. The molecule has 0 spiro atoms. The Hall–Kier alpha value is -2.18. The van der Waals surface area contributed by atoms with Gasteiger partial charge in [0, 0.05) is 55.0 Å². The summed E-state index contributed by atoms with van der Waals surface area (Å²) >= 11 is 0. The lowest BCUT2D eigenvalue weighted by Gasteiger charge is -2.29. The molecule has 1 fully saturated rings. The first kappa shape index (κ1) is 16.3. The van der Waals surface area contributed by atoms with Crippen LogP contribution in [-0.4, -0.2) is 21.4 Å². The third-order valence-corrected chi connectivity index (χ3v) is 5.57. The Balaban J connectivity index is 1.47. The molecule has 1 aromatic heterocycles. The second-order valence-electron chi connectivity index (χ2n) is 7.30. The van der Waals surface area contributed by atoms with Gasteiger partial charge in [-0.2, -0.15) is 0 Å². The summed E-state index contributed by atoms with van der Waals surface area (Å²) in [6.45, 7) is 2.84. The van der Waals surface area contributed by atoms with E-state index in [1.165, 1.54) is 48.9 Å². The van der Waals surface area contributed by atoms with Crippen LogP contribution in [0.15, 0.2) is 30.5 Å². The highest BCUT2D eigenvalue weighted by atomic mass is 15.1. The molecule has 2 aliphatic rings. The molecule has 0 atom stereocenters. The normalized spacial score (nSPS) is 18.5. The Morgan fingerprint density at radius 2 is 2.00 bits per heavy atom. The lowest BCUT2D eigenvalue weighted by atomic mass is 9.88. The van der Waals surface area contributed by atoms with Crippen LogP contribution in [0.2, 0.25) is 0 Å². The fraction of sp³-hybridized carbons (Fsp3) is 0.455. The summed E-state index contributed by atoms with van der Waals surface area (Å²) in [5.74, 6) is 4.47. The van der Waals surface area contributed by atoms with E-state index in [0.717, 1.165) is 37.4 Å². The van der Waals surface area contributed by atoms with Crippen LogP contribution in [0.1, 0.15) is 66.2 Å². The van der Waals surface area contributed by atoms with Gasteiger partial charge in [-0.15, -0.1) is 6.42 Å². The second kappa shape index (κ2) is 7.37. The van der Waals surface area contributed by atoms with Crippen molar-refractivity contribution in [1.82, 2.24) is 14.9 Å². The van der Waals surface area contributed by atoms with Crippen molar-refractivity contribution in [3.8, 4) is 12.3 Å². The molecule has 25 heavy (non-hydrogen) atoms. The molecule has 0 bridgehead atoms. The fourth-order valence-electron chi connectivity index (χ4n) is 4.12. The maximum absolute atomic E-state index is 5.63. The molecular weight excluding hydrogens is 306 g/mol. The zero-order chi connectivity index (χ0) is 17.1. The molecule has 0 saturated heterocycles. The topological polar surface area (TPSA) is 29.0 Å². The van der Waals surface area contributed by atoms with Crippen molar-refractivity contribution in [1.29, 1.82) is 0 Å². The largest absolute Gasteiger partial charge is 0.294 e. The van der Waals surface area contributed by atoms with Gasteiger partial charge >= 0.3 is 0 Å². The number of nitrogens with zero attached hydrogens (tertiary/aromatic N) is 3. The van der Waals surface area contributed by atoms with Crippen LogP contribution in [0.3, 0.4) is 0 Å². The average Bonchev–Trinajstić information content (AvgIpc) is 2.68. The number of fused-ring (bicyclic) bond motifs is 1. The van der Waals surface area contributed by atoms with Crippen LogP contribution < -0.4 is 0 Å². The van der Waals surface area contributed by atoms with Gasteiger partial charge in [0.2, 0.25) is 0 Å². The third kappa shape index (κ3) is 3.60. The lowest BCUT2D eigenvalue weighted by Crippen LogP contribution is -2.31. The number of terminal acetylenes is 1. The van der Waals surface area contributed by atoms with Gasteiger partial charge in [0.25, 0.3) is 0 Å². The molecule has 0 amide bonds. The van der Waals surface area contributed by atoms with Crippen LogP contribution >= 0.6 is 0 Å². The van der Waals surface area contributed by atoms with Crippen molar-refractivity contribution in [2.75, 3.05) is 6.54 Å². The van der Waals surface area contributed by atoms with Crippen LogP contribution in [0, 0.1) is 12.3 Å². The molecule has 0 unspecified atom stereocenters. The summed E-state index contributed by atoms with van der Waals surface area (Å²) in [6, 6.07) is 8.22. The Labute approximate surface area is 150 Å². The molecule has 3 nitrogen and oxygen atoms in total. The Morgan fingerprint density at radius 3 is 2.84 bits per heavy atom. The van der Waals surface area contributed by atoms with Gasteiger partial charge in [0.15, 0.2) is 0 Å². The molecule has 128 valence electrons. The van der Waals surface area contributed by atoms with Crippen LogP contribution in [0.4, 0.5) is 0 Å². The van der Waals surface area contributed by atoms with Gasteiger partial charge in [-0.1, -0.05) is 43.4 Å². The summed E-state index contributed by atoms with van der Waals surface area (Å²) in [7, 11) is 0. The minimum absolute atomic E-state index is 0.583. The molecule has 1 saturated carbocycles. The minimum Gasteiger partial charge on any atom is -0.294 e.